The van der Waals surface area contributed by atoms with Crippen LogP contribution in [0.2, 0.25) is 0 Å². The Balaban J connectivity index is 1.91. The van der Waals surface area contributed by atoms with Gasteiger partial charge in [-0.2, -0.15) is 0 Å². The minimum Gasteiger partial charge on any atom is -0.497 e. The third-order valence-corrected chi connectivity index (χ3v) is 6.00. The summed E-state index contributed by atoms with van der Waals surface area (Å²) in [5, 5.41) is 3.08. The second-order valence-electron chi connectivity index (χ2n) is 9.21. The Morgan fingerprint density at radius 2 is 1.43 bits per heavy atom. The average Bonchev–Trinajstić information content (AvgIpc) is 2.87. The molecular weight excluding hydrogens is 436 g/mol. The van der Waals surface area contributed by atoms with E-state index in [-0.39, 0.29) is 18.2 Å². The summed E-state index contributed by atoms with van der Waals surface area (Å²) in [4.78, 5) is 28.9. The van der Waals surface area contributed by atoms with E-state index in [0.717, 1.165) is 28.9 Å². The zero-order valence-corrected chi connectivity index (χ0v) is 20.9. The van der Waals surface area contributed by atoms with Crippen LogP contribution in [0.1, 0.15) is 37.0 Å². The van der Waals surface area contributed by atoms with Crippen molar-refractivity contribution < 1.29 is 14.3 Å². The number of carbonyl (C=O) groups is 2. The van der Waals surface area contributed by atoms with Crippen molar-refractivity contribution in [1.29, 1.82) is 0 Å². The SMILES string of the molecule is COc1ccc(CN(C(=O)Cc2ccccc2)[C@H](Cc2ccccc2)C(=O)NCCC(C)C)cc1. The van der Waals surface area contributed by atoms with Crippen LogP contribution in [0.5, 0.6) is 5.75 Å². The number of benzene rings is 3. The van der Waals surface area contributed by atoms with Crippen molar-refractivity contribution in [3.63, 3.8) is 0 Å². The van der Waals surface area contributed by atoms with Gasteiger partial charge in [0.25, 0.3) is 0 Å². The molecule has 0 aliphatic rings. The normalized spacial score (nSPS) is 11.7. The van der Waals surface area contributed by atoms with Gasteiger partial charge in [0.05, 0.1) is 13.5 Å². The lowest BCUT2D eigenvalue weighted by molar-refractivity contribution is -0.140. The second kappa shape index (κ2) is 13.3. The van der Waals surface area contributed by atoms with Crippen molar-refractivity contribution in [3.8, 4) is 5.75 Å². The van der Waals surface area contributed by atoms with Gasteiger partial charge in [0, 0.05) is 19.5 Å². The average molecular weight is 473 g/mol. The Labute approximate surface area is 209 Å². The Hall–Kier alpha value is -3.60. The first-order valence-corrected chi connectivity index (χ1v) is 12.2. The molecule has 3 aromatic carbocycles. The van der Waals surface area contributed by atoms with Gasteiger partial charge in [-0.05, 0) is 41.2 Å². The summed E-state index contributed by atoms with van der Waals surface area (Å²) >= 11 is 0. The van der Waals surface area contributed by atoms with Gasteiger partial charge >= 0.3 is 0 Å². The summed E-state index contributed by atoms with van der Waals surface area (Å²) in [6.07, 6.45) is 1.58. The molecular formula is C30H36N2O3. The lowest BCUT2D eigenvalue weighted by Gasteiger charge is -2.32. The maximum atomic E-state index is 13.7. The zero-order valence-electron chi connectivity index (χ0n) is 20.9. The van der Waals surface area contributed by atoms with Crippen molar-refractivity contribution in [1.82, 2.24) is 10.2 Å². The van der Waals surface area contributed by atoms with E-state index in [2.05, 4.69) is 19.2 Å². The molecule has 0 aliphatic carbocycles. The van der Waals surface area contributed by atoms with Gasteiger partial charge in [-0.3, -0.25) is 9.59 Å². The van der Waals surface area contributed by atoms with E-state index in [0.29, 0.717) is 25.4 Å². The quantitative estimate of drug-likeness (QED) is 0.402. The number of nitrogens with one attached hydrogen (secondary N) is 1. The van der Waals surface area contributed by atoms with Crippen LogP contribution in [0.15, 0.2) is 84.9 Å². The van der Waals surface area contributed by atoms with E-state index in [4.69, 9.17) is 4.74 Å². The lowest BCUT2D eigenvalue weighted by Crippen LogP contribution is -2.51. The van der Waals surface area contributed by atoms with Gasteiger partial charge in [0.2, 0.25) is 11.8 Å². The molecule has 35 heavy (non-hydrogen) atoms. The fourth-order valence-electron chi connectivity index (χ4n) is 3.96. The van der Waals surface area contributed by atoms with Gasteiger partial charge in [-0.1, -0.05) is 86.6 Å². The maximum absolute atomic E-state index is 13.7. The molecule has 0 aliphatic heterocycles. The highest BCUT2D eigenvalue weighted by Gasteiger charge is 2.30. The van der Waals surface area contributed by atoms with Crippen LogP contribution in [0, 0.1) is 5.92 Å². The Kier molecular flexibility index (Phi) is 9.91. The third-order valence-electron chi connectivity index (χ3n) is 6.00. The maximum Gasteiger partial charge on any atom is 0.243 e. The predicted octanol–water partition coefficient (Wildman–Crippen LogP) is 5.04. The standard InChI is InChI=1S/C30H36N2O3/c1-23(2)18-19-31-30(34)28(20-24-10-6-4-7-11-24)32(22-26-14-16-27(35-3)17-15-26)29(33)21-25-12-8-5-9-13-25/h4-17,23,28H,18-22H2,1-3H3,(H,31,34)/t28-/m1/s1. The molecule has 1 N–H and O–H groups in total. The van der Waals surface area contributed by atoms with Gasteiger partial charge < -0.3 is 15.0 Å². The number of hydrogen-bond acceptors (Lipinski definition) is 3. The summed E-state index contributed by atoms with van der Waals surface area (Å²) in [6.45, 7) is 5.19. The van der Waals surface area contributed by atoms with E-state index < -0.39 is 6.04 Å². The largest absolute Gasteiger partial charge is 0.497 e. The molecule has 0 spiro atoms. The highest BCUT2D eigenvalue weighted by Crippen LogP contribution is 2.19. The second-order valence-corrected chi connectivity index (χ2v) is 9.21. The van der Waals surface area contributed by atoms with Gasteiger partial charge in [-0.25, -0.2) is 0 Å². The first-order chi connectivity index (χ1) is 17.0. The van der Waals surface area contributed by atoms with E-state index in [1.807, 2.05) is 84.9 Å². The molecule has 184 valence electrons. The van der Waals surface area contributed by atoms with Crippen molar-refractivity contribution in [2.24, 2.45) is 5.92 Å². The van der Waals surface area contributed by atoms with Gasteiger partial charge in [0.1, 0.15) is 11.8 Å². The Morgan fingerprint density at radius 3 is 2.00 bits per heavy atom. The van der Waals surface area contributed by atoms with Crippen LogP contribution >= 0.6 is 0 Å². The van der Waals surface area contributed by atoms with Crippen LogP contribution in [0.4, 0.5) is 0 Å². The van der Waals surface area contributed by atoms with Crippen molar-refractivity contribution in [2.45, 2.75) is 45.7 Å². The molecule has 0 aromatic heterocycles. The summed E-state index contributed by atoms with van der Waals surface area (Å²) in [5.74, 6) is 1.04. The molecule has 0 saturated carbocycles. The highest BCUT2D eigenvalue weighted by atomic mass is 16.5. The van der Waals surface area contributed by atoms with Crippen LogP contribution < -0.4 is 10.1 Å². The first kappa shape index (κ1) is 26.0. The Morgan fingerprint density at radius 1 is 0.829 bits per heavy atom. The summed E-state index contributed by atoms with van der Waals surface area (Å²) in [7, 11) is 1.63. The van der Waals surface area contributed by atoms with Crippen molar-refractivity contribution >= 4 is 11.8 Å². The molecule has 0 saturated heterocycles. The van der Waals surface area contributed by atoms with E-state index >= 15 is 0 Å². The number of hydrogen-bond donors (Lipinski definition) is 1. The molecule has 1 atom stereocenters. The predicted molar refractivity (Wildman–Crippen MR) is 140 cm³/mol. The lowest BCUT2D eigenvalue weighted by atomic mass is 10.0. The number of ether oxygens (including phenoxy) is 1. The summed E-state index contributed by atoms with van der Waals surface area (Å²) in [6, 6.07) is 26.6. The Bertz CT molecular complexity index is 1050. The molecule has 2 amide bonds. The molecule has 0 heterocycles. The molecule has 0 radical (unpaired) electrons. The van der Waals surface area contributed by atoms with E-state index in [9.17, 15) is 9.59 Å². The van der Waals surface area contributed by atoms with Crippen LogP contribution in [0.25, 0.3) is 0 Å². The van der Waals surface area contributed by atoms with Crippen LogP contribution in [-0.4, -0.2) is 36.4 Å². The molecule has 5 heteroatoms. The number of methoxy groups -OCH3 is 1. The molecule has 0 fully saturated rings. The smallest absolute Gasteiger partial charge is 0.243 e. The minimum absolute atomic E-state index is 0.0769. The fraction of sp³-hybridized carbons (Fsp3) is 0.333. The van der Waals surface area contributed by atoms with E-state index in [1.165, 1.54) is 0 Å². The topological polar surface area (TPSA) is 58.6 Å². The zero-order chi connectivity index (χ0) is 25.0. The number of rotatable bonds is 12. The number of nitrogens with zero attached hydrogens (tertiary/aromatic N) is 1. The molecule has 3 rings (SSSR count). The number of carbonyl (C=O) groups excluding carboxylic acids is 2. The number of amides is 2. The van der Waals surface area contributed by atoms with Crippen LogP contribution in [-0.2, 0) is 29.0 Å². The van der Waals surface area contributed by atoms with Crippen molar-refractivity contribution in [3.05, 3.63) is 102 Å². The van der Waals surface area contributed by atoms with Crippen LogP contribution in [0.3, 0.4) is 0 Å². The molecule has 0 bridgehead atoms. The van der Waals surface area contributed by atoms with E-state index in [1.54, 1.807) is 12.0 Å². The summed E-state index contributed by atoms with van der Waals surface area (Å²) in [5.41, 5.74) is 2.89. The van der Waals surface area contributed by atoms with Gasteiger partial charge in [-0.15, -0.1) is 0 Å². The summed E-state index contributed by atoms with van der Waals surface area (Å²) < 4.78 is 5.28. The van der Waals surface area contributed by atoms with Gasteiger partial charge in [0.15, 0.2) is 0 Å². The molecule has 5 nitrogen and oxygen atoms in total. The highest BCUT2D eigenvalue weighted by molar-refractivity contribution is 5.88. The first-order valence-electron chi connectivity index (χ1n) is 12.2. The molecule has 3 aromatic rings. The molecule has 0 unspecified atom stereocenters. The minimum atomic E-state index is -0.622. The van der Waals surface area contributed by atoms with Crippen molar-refractivity contribution in [2.75, 3.05) is 13.7 Å². The fourth-order valence-corrected chi connectivity index (χ4v) is 3.96. The third kappa shape index (κ3) is 8.29. The monoisotopic (exact) mass is 472 g/mol.